The molecular weight excluding hydrogens is 310 g/mol. The van der Waals surface area contributed by atoms with Crippen molar-refractivity contribution in [2.24, 2.45) is 5.73 Å². The van der Waals surface area contributed by atoms with Crippen molar-refractivity contribution < 1.29 is 10.2 Å². The van der Waals surface area contributed by atoms with E-state index in [0.717, 1.165) is 12.0 Å². The van der Waals surface area contributed by atoms with Gasteiger partial charge in [0.05, 0.1) is 6.10 Å². The standard InChI is InChI=1S/C22H37NO2/c1-2-3-4-5-6-7-8-9-10-11-12-13-22(25)21(23)18-19-14-16-20(24)17-15-19/h11-12,14-17,21-22,24-25H,2-10,13,18,23H2,1H3. The van der Waals surface area contributed by atoms with Crippen molar-refractivity contribution in [3.8, 4) is 5.75 Å². The Balaban J connectivity index is 2.05. The zero-order valence-corrected chi connectivity index (χ0v) is 15.9. The molecule has 1 aromatic rings. The summed E-state index contributed by atoms with van der Waals surface area (Å²) in [5.74, 6) is 0.252. The Hall–Kier alpha value is -1.32. The Bertz CT molecular complexity index is 456. The molecule has 0 heterocycles. The SMILES string of the molecule is CCCCCCCCCCC=CCC(O)C(N)Cc1ccc(O)cc1. The van der Waals surface area contributed by atoms with Crippen LogP contribution >= 0.6 is 0 Å². The third kappa shape index (κ3) is 11.0. The number of rotatable bonds is 14. The summed E-state index contributed by atoms with van der Waals surface area (Å²) in [4.78, 5) is 0. The van der Waals surface area contributed by atoms with E-state index in [9.17, 15) is 10.2 Å². The van der Waals surface area contributed by atoms with Gasteiger partial charge in [0.2, 0.25) is 0 Å². The van der Waals surface area contributed by atoms with Crippen LogP contribution in [0.3, 0.4) is 0 Å². The molecule has 0 fully saturated rings. The number of aliphatic hydroxyl groups excluding tert-OH is 1. The number of benzene rings is 1. The smallest absolute Gasteiger partial charge is 0.115 e. The van der Waals surface area contributed by atoms with Crippen molar-refractivity contribution in [2.45, 2.75) is 89.7 Å². The lowest BCUT2D eigenvalue weighted by molar-refractivity contribution is 0.147. The van der Waals surface area contributed by atoms with E-state index in [1.165, 1.54) is 51.4 Å². The number of aliphatic hydroxyl groups is 1. The van der Waals surface area contributed by atoms with Crippen LogP contribution in [-0.4, -0.2) is 22.4 Å². The summed E-state index contributed by atoms with van der Waals surface area (Å²) in [5.41, 5.74) is 7.11. The third-order valence-electron chi connectivity index (χ3n) is 4.67. The number of aromatic hydroxyl groups is 1. The minimum atomic E-state index is -0.524. The van der Waals surface area contributed by atoms with E-state index in [1.807, 2.05) is 12.1 Å². The summed E-state index contributed by atoms with van der Waals surface area (Å²) in [5, 5.41) is 19.4. The topological polar surface area (TPSA) is 66.5 Å². The Morgan fingerprint density at radius 2 is 1.52 bits per heavy atom. The van der Waals surface area contributed by atoms with Gasteiger partial charge in [-0.1, -0.05) is 76.2 Å². The van der Waals surface area contributed by atoms with Crippen molar-refractivity contribution in [3.05, 3.63) is 42.0 Å². The predicted molar refractivity (Wildman–Crippen MR) is 107 cm³/mol. The molecule has 0 spiro atoms. The zero-order chi connectivity index (χ0) is 18.3. The van der Waals surface area contributed by atoms with Crippen LogP contribution in [0, 0.1) is 0 Å². The van der Waals surface area contributed by atoms with Gasteiger partial charge in [0.15, 0.2) is 0 Å². The maximum atomic E-state index is 10.2. The predicted octanol–water partition coefficient (Wildman–Crippen LogP) is 5.10. The van der Waals surface area contributed by atoms with Gasteiger partial charge in [0.25, 0.3) is 0 Å². The molecule has 0 aliphatic rings. The lowest BCUT2D eigenvalue weighted by Gasteiger charge is -2.17. The highest BCUT2D eigenvalue weighted by molar-refractivity contribution is 5.26. The summed E-state index contributed by atoms with van der Waals surface area (Å²) in [6.45, 7) is 2.25. The van der Waals surface area contributed by atoms with Crippen LogP contribution in [0.25, 0.3) is 0 Å². The molecule has 0 saturated heterocycles. The molecule has 3 nitrogen and oxygen atoms in total. The van der Waals surface area contributed by atoms with Gasteiger partial charge >= 0.3 is 0 Å². The van der Waals surface area contributed by atoms with E-state index in [2.05, 4.69) is 19.1 Å². The van der Waals surface area contributed by atoms with Gasteiger partial charge in [-0.15, -0.1) is 0 Å². The van der Waals surface area contributed by atoms with Gasteiger partial charge in [0.1, 0.15) is 5.75 Å². The molecule has 0 bridgehead atoms. The summed E-state index contributed by atoms with van der Waals surface area (Å²) in [6.07, 6.45) is 16.7. The highest BCUT2D eigenvalue weighted by atomic mass is 16.3. The Morgan fingerprint density at radius 1 is 0.920 bits per heavy atom. The van der Waals surface area contributed by atoms with Crippen molar-refractivity contribution in [3.63, 3.8) is 0 Å². The van der Waals surface area contributed by atoms with Crippen LogP contribution in [0.15, 0.2) is 36.4 Å². The highest BCUT2D eigenvalue weighted by Gasteiger charge is 2.13. The largest absolute Gasteiger partial charge is 0.508 e. The number of allylic oxidation sites excluding steroid dienone is 1. The molecule has 0 aliphatic heterocycles. The summed E-state index contributed by atoms with van der Waals surface area (Å²) in [7, 11) is 0. The number of nitrogens with two attached hydrogens (primary N) is 1. The Morgan fingerprint density at radius 3 is 2.16 bits per heavy atom. The lowest BCUT2D eigenvalue weighted by Crippen LogP contribution is -2.36. The van der Waals surface area contributed by atoms with Gasteiger partial charge in [0, 0.05) is 6.04 Å². The van der Waals surface area contributed by atoms with Crippen molar-refractivity contribution in [2.75, 3.05) is 0 Å². The molecule has 4 N–H and O–H groups in total. The summed E-state index contributed by atoms with van der Waals surface area (Å²) < 4.78 is 0. The Labute approximate surface area is 154 Å². The molecule has 2 unspecified atom stereocenters. The summed E-state index contributed by atoms with van der Waals surface area (Å²) in [6, 6.07) is 6.72. The van der Waals surface area contributed by atoms with Crippen molar-refractivity contribution >= 4 is 0 Å². The first-order chi connectivity index (χ1) is 12.1. The number of hydrogen-bond donors (Lipinski definition) is 3. The molecular formula is C22H37NO2. The lowest BCUT2D eigenvalue weighted by atomic mass is 9.99. The molecule has 1 aromatic carbocycles. The normalized spacial score (nSPS) is 14.0. The van der Waals surface area contributed by atoms with E-state index < -0.39 is 6.10 Å². The molecule has 0 aliphatic carbocycles. The van der Waals surface area contributed by atoms with Crippen LogP contribution in [0.1, 0.15) is 76.7 Å². The second-order valence-corrected chi connectivity index (χ2v) is 7.07. The van der Waals surface area contributed by atoms with Crippen LogP contribution in [0.5, 0.6) is 5.75 Å². The number of phenolic OH excluding ortho intramolecular Hbond substituents is 1. The molecule has 25 heavy (non-hydrogen) atoms. The van der Waals surface area contributed by atoms with Crippen LogP contribution in [0.2, 0.25) is 0 Å². The molecule has 0 aromatic heterocycles. The van der Waals surface area contributed by atoms with E-state index in [1.54, 1.807) is 12.1 Å². The number of hydrogen-bond acceptors (Lipinski definition) is 3. The highest BCUT2D eigenvalue weighted by Crippen LogP contribution is 2.13. The number of unbranched alkanes of at least 4 members (excludes halogenated alkanes) is 8. The average Bonchev–Trinajstić information content (AvgIpc) is 2.61. The number of phenols is 1. The third-order valence-corrected chi connectivity index (χ3v) is 4.67. The molecule has 142 valence electrons. The Kier molecular flexibility index (Phi) is 12.1. The fourth-order valence-electron chi connectivity index (χ4n) is 2.96. The quantitative estimate of drug-likeness (QED) is 0.324. The first-order valence-corrected chi connectivity index (χ1v) is 10.00. The van der Waals surface area contributed by atoms with E-state index >= 15 is 0 Å². The van der Waals surface area contributed by atoms with E-state index in [-0.39, 0.29) is 11.8 Å². The molecule has 0 saturated carbocycles. The zero-order valence-electron chi connectivity index (χ0n) is 15.9. The fourth-order valence-corrected chi connectivity index (χ4v) is 2.96. The van der Waals surface area contributed by atoms with Crippen molar-refractivity contribution in [1.82, 2.24) is 0 Å². The van der Waals surface area contributed by atoms with E-state index in [0.29, 0.717) is 12.8 Å². The minimum Gasteiger partial charge on any atom is -0.508 e. The second kappa shape index (κ2) is 13.9. The fraction of sp³-hybridized carbons (Fsp3) is 0.636. The van der Waals surface area contributed by atoms with Crippen LogP contribution in [0.4, 0.5) is 0 Å². The first-order valence-electron chi connectivity index (χ1n) is 10.00. The first kappa shape index (κ1) is 21.7. The van der Waals surface area contributed by atoms with Crippen LogP contribution in [-0.2, 0) is 6.42 Å². The van der Waals surface area contributed by atoms with Crippen LogP contribution < -0.4 is 5.73 Å². The monoisotopic (exact) mass is 347 g/mol. The van der Waals surface area contributed by atoms with Gasteiger partial charge in [-0.3, -0.25) is 0 Å². The van der Waals surface area contributed by atoms with E-state index in [4.69, 9.17) is 5.73 Å². The molecule has 2 atom stereocenters. The average molecular weight is 348 g/mol. The maximum Gasteiger partial charge on any atom is 0.115 e. The van der Waals surface area contributed by atoms with Crippen molar-refractivity contribution in [1.29, 1.82) is 0 Å². The molecule has 1 rings (SSSR count). The minimum absolute atomic E-state index is 0.252. The molecule has 3 heteroatoms. The maximum absolute atomic E-state index is 10.2. The second-order valence-electron chi connectivity index (χ2n) is 7.07. The van der Waals surface area contributed by atoms with Gasteiger partial charge in [-0.05, 0) is 43.4 Å². The van der Waals surface area contributed by atoms with Gasteiger partial charge in [-0.25, -0.2) is 0 Å². The molecule has 0 radical (unpaired) electrons. The van der Waals surface area contributed by atoms with Gasteiger partial charge in [-0.2, -0.15) is 0 Å². The molecule has 0 amide bonds. The van der Waals surface area contributed by atoms with Gasteiger partial charge < -0.3 is 15.9 Å². The summed E-state index contributed by atoms with van der Waals surface area (Å²) >= 11 is 0.